The summed E-state index contributed by atoms with van der Waals surface area (Å²) in [4.78, 5) is 12.3. The molecule has 0 unspecified atom stereocenters. The maximum atomic E-state index is 12.5. The number of ether oxygens (including phenoxy) is 3. The van der Waals surface area contributed by atoms with Gasteiger partial charge in [-0.1, -0.05) is 25.4 Å². The number of nitrogens with zero attached hydrogens (tertiary/aromatic N) is 2. The van der Waals surface area contributed by atoms with Crippen LogP contribution in [0.25, 0.3) is 0 Å². The number of carbonyl (C=O) groups excluding carboxylic acids is 1. The number of methoxy groups -OCH3 is 1. The van der Waals surface area contributed by atoms with Gasteiger partial charge >= 0.3 is 12.6 Å². The fourth-order valence-corrected chi connectivity index (χ4v) is 3.21. The molecule has 0 spiro atoms. The molecule has 1 heterocycles. The number of rotatable bonds is 9. The molecule has 0 atom stereocenters. The summed E-state index contributed by atoms with van der Waals surface area (Å²) in [5.41, 5.74) is 3.06. The highest BCUT2D eigenvalue weighted by Crippen LogP contribution is 2.37. The Balaban J connectivity index is 2.06. The van der Waals surface area contributed by atoms with Crippen molar-refractivity contribution in [2.24, 2.45) is 5.92 Å². The van der Waals surface area contributed by atoms with Gasteiger partial charge in [-0.25, -0.2) is 0 Å². The Labute approximate surface area is 173 Å². The Morgan fingerprint density at radius 3 is 2.55 bits per heavy atom. The molecule has 0 saturated heterocycles. The van der Waals surface area contributed by atoms with Crippen LogP contribution < -0.4 is 9.47 Å². The number of halogens is 3. The van der Waals surface area contributed by atoms with Crippen molar-refractivity contribution in [2.45, 2.75) is 53.9 Å². The zero-order valence-electron chi connectivity index (χ0n) is 17.1. The van der Waals surface area contributed by atoms with Crippen molar-refractivity contribution in [2.75, 3.05) is 7.11 Å². The lowest BCUT2D eigenvalue weighted by atomic mass is 10.1. The summed E-state index contributed by atoms with van der Waals surface area (Å²) >= 11 is 6.00. The van der Waals surface area contributed by atoms with Gasteiger partial charge in [-0.3, -0.25) is 9.48 Å². The molecule has 0 saturated carbocycles. The van der Waals surface area contributed by atoms with Gasteiger partial charge in [0.05, 0.1) is 24.2 Å². The summed E-state index contributed by atoms with van der Waals surface area (Å²) < 4.78 is 41.6. The van der Waals surface area contributed by atoms with E-state index in [-0.39, 0.29) is 29.5 Å². The summed E-state index contributed by atoms with van der Waals surface area (Å²) in [7, 11) is 1.31. The third kappa shape index (κ3) is 6.06. The summed E-state index contributed by atoms with van der Waals surface area (Å²) in [5, 5.41) is 4.43. The highest BCUT2D eigenvalue weighted by molar-refractivity contribution is 6.32. The number of aryl methyl sites for hydroxylation is 1. The van der Waals surface area contributed by atoms with Crippen LogP contribution in [0, 0.1) is 19.8 Å². The molecule has 9 heteroatoms. The second-order valence-electron chi connectivity index (χ2n) is 7.05. The third-order valence-electron chi connectivity index (χ3n) is 4.29. The number of carbonyl (C=O) groups is 1. The highest BCUT2D eigenvalue weighted by Gasteiger charge is 2.19. The molecule has 0 fully saturated rings. The Kier molecular flexibility index (Phi) is 7.84. The fourth-order valence-electron chi connectivity index (χ4n) is 2.93. The molecule has 0 aliphatic rings. The minimum Gasteiger partial charge on any atom is -0.493 e. The molecule has 0 aliphatic heterocycles. The van der Waals surface area contributed by atoms with Gasteiger partial charge in [0.15, 0.2) is 11.5 Å². The highest BCUT2D eigenvalue weighted by atomic mass is 35.5. The third-order valence-corrected chi connectivity index (χ3v) is 4.57. The maximum absolute atomic E-state index is 12.5. The molecule has 0 N–H and O–H groups in total. The quantitative estimate of drug-likeness (QED) is 0.539. The molecule has 1 aromatic heterocycles. The predicted octanol–water partition coefficient (Wildman–Crippen LogP) is 4.71. The number of aromatic nitrogens is 2. The Morgan fingerprint density at radius 1 is 1.28 bits per heavy atom. The molecule has 2 rings (SSSR count). The van der Waals surface area contributed by atoms with Crippen LogP contribution in [-0.4, -0.2) is 29.5 Å². The summed E-state index contributed by atoms with van der Waals surface area (Å²) in [6.07, 6.45) is 0.0905. The second-order valence-corrected chi connectivity index (χ2v) is 7.46. The predicted molar refractivity (Wildman–Crippen MR) is 105 cm³/mol. The molecular formula is C20H25ClF2N2O4. The van der Waals surface area contributed by atoms with Crippen molar-refractivity contribution >= 4 is 17.6 Å². The van der Waals surface area contributed by atoms with Crippen molar-refractivity contribution in [1.29, 1.82) is 0 Å². The van der Waals surface area contributed by atoms with E-state index in [4.69, 9.17) is 21.1 Å². The van der Waals surface area contributed by atoms with Crippen molar-refractivity contribution in [3.05, 3.63) is 39.7 Å². The number of benzene rings is 1. The minimum absolute atomic E-state index is 0.0329. The number of hydrogen-bond acceptors (Lipinski definition) is 5. The molecule has 0 radical (unpaired) electrons. The Morgan fingerprint density at radius 2 is 1.97 bits per heavy atom. The van der Waals surface area contributed by atoms with Crippen molar-refractivity contribution in [3.63, 3.8) is 0 Å². The van der Waals surface area contributed by atoms with Crippen molar-refractivity contribution in [3.8, 4) is 11.5 Å². The molecule has 160 valence electrons. The summed E-state index contributed by atoms with van der Waals surface area (Å²) in [6.45, 7) is 5.64. The minimum atomic E-state index is -3.03. The van der Waals surface area contributed by atoms with Crippen LogP contribution in [0.15, 0.2) is 12.1 Å². The van der Waals surface area contributed by atoms with E-state index in [2.05, 4.69) is 23.7 Å². The van der Waals surface area contributed by atoms with E-state index in [1.165, 1.54) is 19.2 Å². The van der Waals surface area contributed by atoms with Crippen LogP contribution in [0.5, 0.6) is 11.5 Å². The smallest absolute Gasteiger partial charge is 0.387 e. The molecule has 6 nitrogen and oxygen atoms in total. The van der Waals surface area contributed by atoms with Gasteiger partial charge in [0.25, 0.3) is 0 Å². The van der Waals surface area contributed by atoms with Crippen molar-refractivity contribution in [1.82, 2.24) is 9.78 Å². The van der Waals surface area contributed by atoms with Gasteiger partial charge in [0, 0.05) is 17.8 Å². The number of hydrogen-bond donors (Lipinski definition) is 0. The molecule has 0 bridgehead atoms. The van der Waals surface area contributed by atoms with E-state index < -0.39 is 12.6 Å². The van der Waals surface area contributed by atoms with Crippen LogP contribution in [0.2, 0.25) is 5.02 Å². The Hall–Kier alpha value is -2.35. The van der Waals surface area contributed by atoms with Crippen LogP contribution in [0.1, 0.15) is 36.4 Å². The fraction of sp³-hybridized carbons (Fsp3) is 0.500. The summed E-state index contributed by atoms with van der Waals surface area (Å²) in [5.74, 6) is -0.221. The number of alkyl halides is 2. The Bertz CT molecular complexity index is 869. The average Bonchev–Trinajstić information content (AvgIpc) is 2.88. The van der Waals surface area contributed by atoms with Gasteiger partial charge in [-0.15, -0.1) is 0 Å². The van der Waals surface area contributed by atoms with E-state index in [9.17, 15) is 13.6 Å². The van der Waals surface area contributed by atoms with Gasteiger partial charge in [0.2, 0.25) is 0 Å². The topological polar surface area (TPSA) is 62.6 Å². The van der Waals surface area contributed by atoms with Crippen LogP contribution in [0.3, 0.4) is 0 Å². The van der Waals surface area contributed by atoms with Crippen molar-refractivity contribution < 1.29 is 27.8 Å². The molecule has 2 aromatic rings. The first-order valence-corrected chi connectivity index (χ1v) is 9.49. The van der Waals surface area contributed by atoms with Crippen LogP contribution >= 0.6 is 11.6 Å². The first-order valence-electron chi connectivity index (χ1n) is 9.12. The second kappa shape index (κ2) is 9.91. The largest absolute Gasteiger partial charge is 0.493 e. The molecule has 0 amide bonds. The van der Waals surface area contributed by atoms with Gasteiger partial charge in [-0.2, -0.15) is 13.9 Å². The van der Waals surface area contributed by atoms with E-state index >= 15 is 0 Å². The normalized spacial score (nSPS) is 11.2. The van der Waals surface area contributed by atoms with Gasteiger partial charge < -0.3 is 14.2 Å². The van der Waals surface area contributed by atoms with Crippen LogP contribution in [-0.2, 0) is 29.1 Å². The zero-order chi connectivity index (χ0) is 21.7. The van der Waals surface area contributed by atoms with Gasteiger partial charge in [0.1, 0.15) is 6.61 Å². The van der Waals surface area contributed by atoms with E-state index in [0.29, 0.717) is 11.5 Å². The molecule has 0 aliphatic carbocycles. The van der Waals surface area contributed by atoms with Crippen LogP contribution in [0.4, 0.5) is 8.78 Å². The van der Waals surface area contributed by atoms with E-state index in [0.717, 1.165) is 23.5 Å². The SMILES string of the molecule is COc1cc(COC(=O)Cc2c(C)nn(CC(C)C)c2C)cc(Cl)c1OC(F)F. The maximum Gasteiger partial charge on any atom is 0.387 e. The molecule has 1 aromatic carbocycles. The lowest BCUT2D eigenvalue weighted by molar-refractivity contribution is -0.144. The van der Waals surface area contributed by atoms with Gasteiger partial charge in [-0.05, 0) is 37.5 Å². The van der Waals surface area contributed by atoms with E-state index in [1.807, 2.05) is 18.5 Å². The molecule has 29 heavy (non-hydrogen) atoms. The molecular weight excluding hydrogens is 406 g/mol. The number of esters is 1. The summed E-state index contributed by atoms with van der Waals surface area (Å²) in [6, 6.07) is 2.83. The average molecular weight is 431 g/mol. The first kappa shape index (κ1) is 22.9. The van der Waals surface area contributed by atoms with E-state index in [1.54, 1.807) is 0 Å². The zero-order valence-corrected chi connectivity index (χ0v) is 17.8. The monoisotopic (exact) mass is 430 g/mol. The first-order chi connectivity index (χ1) is 13.6. The lowest BCUT2D eigenvalue weighted by Gasteiger charge is -2.13. The standard InChI is InChI=1S/C20H25ClF2N2O4/c1-11(2)9-25-13(4)15(12(3)24-25)8-18(26)28-10-14-6-16(21)19(29-20(22)23)17(7-14)27-5/h6-7,11,20H,8-10H2,1-5H3. The lowest BCUT2D eigenvalue weighted by Crippen LogP contribution is -2.11.